The second-order valence-electron chi connectivity index (χ2n) is 8.23. The van der Waals surface area contributed by atoms with Gasteiger partial charge in [0.05, 0.1) is 5.69 Å². The summed E-state index contributed by atoms with van der Waals surface area (Å²) in [7, 11) is 1.51. The molecule has 1 aromatic heterocycles. The molecule has 1 atom stereocenters. The van der Waals surface area contributed by atoms with Crippen LogP contribution in [0, 0.1) is 0 Å². The van der Waals surface area contributed by atoms with Crippen LogP contribution >= 0.6 is 11.8 Å². The van der Waals surface area contributed by atoms with Crippen LogP contribution < -0.4 is 0 Å². The molecule has 2 amide bonds. The lowest BCUT2D eigenvalue weighted by Gasteiger charge is -2.39. The number of hydrogen-bond acceptors (Lipinski definition) is 6. The molecule has 1 unspecified atom stereocenters. The first-order chi connectivity index (χ1) is 16.5. The summed E-state index contributed by atoms with van der Waals surface area (Å²) in [5.74, 6) is 0.640. The molecule has 3 aromatic rings. The van der Waals surface area contributed by atoms with Gasteiger partial charge in [-0.25, -0.2) is 0 Å². The monoisotopic (exact) mass is 476 g/mol. The molecule has 34 heavy (non-hydrogen) atoms. The van der Waals surface area contributed by atoms with Crippen molar-refractivity contribution in [1.82, 2.24) is 20.0 Å². The van der Waals surface area contributed by atoms with Crippen molar-refractivity contribution < 1.29 is 14.3 Å². The van der Waals surface area contributed by atoms with Crippen LogP contribution in [-0.2, 0) is 15.3 Å². The van der Waals surface area contributed by atoms with Crippen LogP contribution in [0.2, 0.25) is 0 Å². The van der Waals surface area contributed by atoms with Gasteiger partial charge >= 0.3 is 0 Å². The third kappa shape index (κ3) is 5.81. The Kier molecular flexibility index (Phi) is 7.92. The average molecular weight is 477 g/mol. The van der Waals surface area contributed by atoms with Gasteiger partial charge in [-0.05, 0) is 36.8 Å². The lowest BCUT2D eigenvalue weighted by atomic mass is 10.1. The van der Waals surface area contributed by atoms with Gasteiger partial charge in [0.1, 0.15) is 11.6 Å². The number of hydrogen-bond donors (Lipinski definition) is 0. The number of nitrogens with zero attached hydrogens (tertiary/aromatic N) is 4. The second-order valence-corrected chi connectivity index (χ2v) is 9.23. The summed E-state index contributed by atoms with van der Waals surface area (Å²) in [6.07, 6.45) is 0. The van der Waals surface area contributed by atoms with Crippen LogP contribution in [0.1, 0.15) is 22.8 Å². The first-order valence-corrected chi connectivity index (χ1v) is 12.2. The molecule has 1 saturated heterocycles. The molecular formula is C26H28N4O3S. The third-order valence-corrected chi connectivity index (χ3v) is 6.76. The quantitative estimate of drug-likeness (QED) is 0.484. The first kappa shape index (κ1) is 23.9. The normalized spacial score (nSPS) is 15.9. The van der Waals surface area contributed by atoms with Crippen molar-refractivity contribution in [2.45, 2.75) is 23.7 Å². The number of piperazine rings is 1. The highest BCUT2D eigenvalue weighted by molar-refractivity contribution is 7.98. The van der Waals surface area contributed by atoms with E-state index in [1.807, 2.05) is 78.6 Å². The zero-order valence-electron chi connectivity index (χ0n) is 19.4. The molecule has 176 valence electrons. The minimum atomic E-state index is -0.0449. The predicted octanol–water partition coefficient (Wildman–Crippen LogP) is 3.76. The smallest absolute Gasteiger partial charge is 0.253 e. The number of thioether (sulfide) groups is 1. The van der Waals surface area contributed by atoms with E-state index < -0.39 is 0 Å². The molecule has 0 spiro atoms. The van der Waals surface area contributed by atoms with E-state index in [1.165, 1.54) is 7.11 Å². The van der Waals surface area contributed by atoms with Crippen molar-refractivity contribution in [2.75, 3.05) is 33.4 Å². The summed E-state index contributed by atoms with van der Waals surface area (Å²) in [6, 6.07) is 21.6. The van der Waals surface area contributed by atoms with Crippen molar-refractivity contribution in [3.05, 3.63) is 77.9 Å². The molecule has 8 heteroatoms. The van der Waals surface area contributed by atoms with Gasteiger partial charge in [-0.3, -0.25) is 9.59 Å². The van der Waals surface area contributed by atoms with Crippen LogP contribution in [-0.4, -0.2) is 71.2 Å². The predicted molar refractivity (Wildman–Crippen MR) is 132 cm³/mol. The molecular weight excluding hydrogens is 448 g/mol. The molecule has 1 fully saturated rings. The lowest BCUT2D eigenvalue weighted by molar-refractivity contribution is -0.139. The molecule has 0 radical (unpaired) electrons. The summed E-state index contributed by atoms with van der Waals surface area (Å²) in [6.45, 7) is 3.57. The zero-order valence-corrected chi connectivity index (χ0v) is 20.2. The van der Waals surface area contributed by atoms with Crippen LogP contribution in [0.5, 0.6) is 0 Å². The van der Waals surface area contributed by atoms with Crippen LogP contribution in [0.15, 0.2) is 71.8 Å². The first-order valence-electron chi connectivity index (χ1n) is 11.2. The van der Waals surface area contributed by atoms with Crippen molar-refractivity contribution >= 4 is 23.6 Å². The molecule has 0 bridgehead atoms. The van der Waals surface area contributed by atoms with Crippen LogP contribution in [0.4, 0.5) is 0 Å². The Morgan fingerprint density at radius 1 is 1.03 bits per heavy atom. The average Bonchev–Trinajstić information content (AvgIpc) is 2.88. The highest BCUT2D eigenvalue weighted by Gasteiger charge is 2.30. The third-order valence-electron chi connectivity index (χ3n) is 5.77. The highest BCUT2D eigenvalue weighted by atomic mass is 32.2. The van der Waals surface area contributed by atoms with Crippen molar-refractivity contribution in [1.29, 1.82) is 0 Å². The maximum Gasteiger partial charge on any atom is 0.253 e. The van der Waals surface area contributed by atoms with Gasteiger partial charge < -0.3 is 14.5 Å². The van der Waals surface area contributed by atoms with Gasteiger partial charge in [-0.15, -0.1) is 10.2 Å². The van der Waals surface area contributed by atoms with Crippen LogP contribution in [0.25, 0.3) is 11.3 Å². The number of carbonyl (C=O) groups excluding carboxylic acids is 2. The van der Waals surface area contributed by atoms with E-state index in [1.54, 1.807) is 16.7 Å². The van der Waals surface area contributed by atoms with Crippen LogP contribution in [0.3, 0.4) is 0 Å². The fourth-order valence-electron chi connectivity index (χ4n) is 4.01. The van der Waals surface area contributed by atoms with Gasteiger partial charge in [0.25, 0.3) is 5.91 Å². The Morgan fingerprint density at radius 2 is 1.85 bits per heavy atom. The zero-order chi connectivity index (χ0) is 23.9. The Morgan fingerprint density at radius 3 is 2.56 bits per heavy atom. The van der Waals surface area contributed by atoms with Crippen molar-refractivity contribution in [3.8, 4) is 11.3 Å². The number of rotatable bonds is 7. The Labute approximate surface area is 204 Å². The molecule has 0 saturated carbocycles. The topological polar surface area (TPSA) is 75.6 Å². The van der Waals surface area contributed by atoms with Crippen molar-refractivity contribution in [2.24, 2.45) is 0 Å². The van der Waals surface area contributed by atoms with Gasteiger partial charge in [0, 0.05) is 49.7 Å². The number of carbonyl (C=O) groups is 2. The molecule has 4 rings (SSSR count). The second kappa shape index (κ2) is 11.3. The van der Waals surface area contributed by atoms with Gasteiger partial charge in [-0.1, -0.05) is 54.2 Å². The van der Waals surface area contributed by atoms with Gasteiger partial charge in [-0.2, -0.15) is 0 Å². The van der Waals surface area contributed by atoms with E-state index in [9.17, 15) is 9.59 Å². The fraction of sp³-hybridized carbons (Fsp3) is 0.308. The van der Waals surface area contributed by atoms with E-state index in [4.69, 9.17) is 4.74 Å². The lowest BCUT2D eigenvalue weighted by Crippen LogP contribution is -2.56. The Balaban J connectivity index is 1.35. The maximum atomic E-state index is 13.1. The van der Waals surface area contributed by atoms with E-state index in [-0.39, 0.29) is 24.5 Å². The largest absolute Gasteiger partial charge is 0.375 e. The summed E-state index contributed by atoms with van der Waals surface area (Å²) in [5, 5.41) is 9.51. The Bertz CT molecular complexity index is 1120. The minimum absolute atomic E-state index is 0.00968. The van der Waals surface area contributed by atoms with E-state index >= 15 is 0 Å². The molecule has 2 aromatic carbocycles. The number of amides is 2. The highest BCUT2D eigenvalue weighted by Crippen LogP contribution is 2.24. The number of benzene rings is 2. The molecule has 0 N–H and O–H groups in total. The standard InChI is InChI=1S/C26H28N4O3S/c1-19-16-29(13-14-30(19)25(31)17-33-2)26(32)22-10-6-7-20(15-22)18-34-24-12-11-23(27-28-24)21-8-4-3-5-9-21/h3-12,15,19H,13-14,16-18H2,1-2H3. The number of ether oxygens (including phenoxy) is 1. The van der Waals surface area contributed by atoms with Gasteiger partial charge in [0.15, 0.2) is 0 Å². The van der Waals surface area contributed by atoms with Gasteiger partial charge in [0.2, 0.25) is 5.91 Å². The van der Waals surface area contributed by atoms with E-state index in [0.717, 1.165) is 21.8 Å². The number of aromatic nitrogens is 2. The molecule has 0 aliphatic carbocycles. The Hall–Kier alpha value is -3.23. The maximum absolute atomic E-state index is 13.1. The fourth-order valence-corrected chi connectivity index (χ4v) is 4.77. The van der Waals surface area contributed by atoms with E-state index in [2.05, 4.69) is 10.2 Å². The summed E-state index contributed by atoms with van der Waals surface area (Å²) in [4.78, 5) is 28.9. The molecule has 7 nitrogen and oxygen atoms in total. The summed E-state index contributed by atoms with van der Waals surface area (Å²) in [5.41, 5.74) is 3.59. The summed E-state index contributed by atoms with van der Waals surface area (Å²) >= 11 is 1.59. The molecule has 1 aliphatic heterocycles. The minimum Gasteiger partial charge on any atom is -0.375 e. The summed E-state index contributed by atoms with van der Waals surface area (Å²) < 4.78 is 4.96. The molecule has 1 aliphatic rings. The van der Waals surface area contributed by atoms with E-state index in [0.29, 0.717) is 31.0 Å². The number of methoxy groups -OCH3 is 1. The SMILES string of the molecule is COCC(=O)N1CCN(C(=O)c2cccc(CSc3ccc(-c4ccccc4)nn3)c2)CC1C. The van der Waals surface area contributed by atoms with Crippen molar-refractivity contribution in [3.63, 3.8) is 0 Å². The molecule has 2 heterocycles.